The predicted octanol–water partition coefficient (Wildman–Crippen LogP) is 2.52. The molecule has 0 bridgehead atoms. The van der Waals surface area contributed by atoms with Crippen LogP contribution in [0.15, 0.2) is 36.4 Å². The summed E-state index contributed by atoms with van der Waals surface area (Å²) >= 11 is 0. The van der Waals surface area contributed by atoms with E-state index in [0.29, 0.717) is 23.5 Å². The van der Waals surface area contributed by atoms with Crippen LogP contribution in [0.3, 0.4) is 0 Å². The quantitative estimate of drug-likeness (QED) is 0.575. The Hall–Kier alpha value is -3.42. The van der Waals surface area contributed by atoms with E-state index in [-0.39, 0.29) is 23.5 Å². The third kappa shape index (κ3) is 6.23. The Labute approximate surface area is 149 Å². The van der Waals surface area contributed by atoms with Crippen molar-refractivity contribution in [2.45, 2.75) is 12.8 Å². The summed E-state index contributed by atoms with van der Waals surface area (Å²) in [6.45, 7) is 0. The van der Waals surface area contributed by atoms with Crippen molar-refractivity contribution in [1.29, 1.82) is 0 Å². The lowest BCUT2D eigenvalue weighted by atomic mass is 10.1. The lowest BCUT2D eigenvalue weighted by Crippen LogP contribution is -2.00. The molecule has 2 aromatic rings. The summed E-state index contributed by atoms with van der Waals surface area (Å²) in [5.41, 5.74) is 0.791. The van der Waals surface area contributed by atoms with Crippen molar-refractivity contribution in [1.82, 2.24) is 0 Å². The predicted molar refractivity (Wildman–Crippen MR) is 92.2 cm³/mol. The average Bonchev–Trinajstić information content (AvgIpc) is 2.62. The number of hydrogen-bond acceptors (Lipinski definition) is 6. The Morgan fingerprint density at radius 3 is 2.12 bits per heavy atom. The lowest BCUT2D eigenvalue weighted by molar-refractivity contribution is -0.136. The minimum atomic E-state index is -1.03. The van der Waals surface area contributed by atoms with Gasteiger partial charge in [0.25, 0.3) is 0 Å². The number of methoxy groups -OCH3 is 2. The first-order valence-electron chi connectivity index (χ1n) is 7.46. The largest absolute Gasteiger partial charge is 0.504 e. The molecule has 0 aromatic heterocycles. The second kappa shape index (κ2) is 9.77. The van der Waals surface area contributed by atoms with Crippen LogP contribution < -0.4 is 9.47 Å². The van der Waals surface area contributed by atoms with Crippen LogP contribution >= 0.6 is 0 Å². The zero-order valence-corrected chi connectivity index (χ0v) is 14.3. The number of carboxylic acid groups (broad SMARTS) is 2. The Balaban J connectivity index is 0.000000260. The number of benzene rings is 2. The van der Waals surface area contributed by atoms with E-state index in [1.54, 1.807) is 18.2 Å². The smallest absolute Gasteiger partial charge is 0.339 e. The molecule has 26 heavy (non-hydrogen) atoms. The first-order chi connectivity index (χ1) is 12.3. The molecular formula is C18H20O8. The molecule has 0 fully saturated rings. The molecule has 2 aromatic carbocycles. The van der Waals surface area contributed by atoms with Gasteiger partial charge in [-0.3, -0.25) is 4.79 Å². The van der Waals surface area contributed by atoms with Gasteiger partial charge in [-0.15, -0.1) is 0 Å². The van der Waals surface area contributed by atoms with Gasteiger partial charge in [0, 0.05) is 6.42 Å². The van der Waals surface area contributed by atoms with Crippen LogP contribution in [0.1, 0.15) is 22.3 Å². The molecule has 0 aliphatic rings. The maximum atomic E-state index is 10.7. The van der Waals surface area contributed by atoms with Gasteiger partial charge in [0.2, 0.25) is 0 Å². The highest BCUT2D eigenvalue weighted by atomic mass is 16.5. The third-order valence-corrected chi connectivity index (χ3v) is 3.30. The van der Waals surface area contributed by atoms with E-state index < -0.39 is 11.9 Å². The monoisotopic (exact) mass is 364 g/mol. The van der Waals surface area contributed by atoms with Gasteiger partial charge in [-0.2, -0.15) is 0 Å². The molecule has 140 valence electrons. The fourth-order valence-corrected chi connectivity index (χ4v) is 1.96. The highest BCUT2D eigenvalue weighted by Crippen LogP contribution is 2.25. The molecule has 8 nitrogen and oxygen atoms in total. The Kier molecular flexibility index (Phi) is 7.75. The fraction of sp³-hybridized carbons (Fsp3) is 0.222. The number of phenols is 2. The number of aliphatic carboxylic acids is 1. The van der Waals surface area contributed by atoms with Gasteiger partial charge in [0.1, 0.15) is 17.1 Å². The van der Waals surface area contributed by atoms with Crippen LogP contribution in [0.25, 0.3) is 0 Å². The maximum Gasteiger partial charge on any atom is 0.339 e. The second-order valence-electron chi connectivity index (χ2n) is 5.09. The minimum Gasteiger partial charge on any atom is -0.504 e. The van der Waals surface area contributed by atoms with Gasteiger partial charge < -0.3 is 29.9 Å². The number of phenolic OH excluding ortho intramolecular Hbond substituents is 2. The zero-order chi connectivity index (χ0) is 19.7. The van der Waals surface area contributed by atoms with E-state index in [1.165, 1.54) is 32.4 Å². The highest BCUT2D eigenvalue weighted by Gasteiger charge is 2.11. The molecule has 0 amide bonds. The summed E-state index contributed by atoms with van der Waals surface area (Å²) in [6.07, 6.45) is 0.368. The molecule has 0 unspecified atom stereocenters. The molecule has 8 heteroatoms. The van der Waals surface area contributed by atoms with E-state index in [0.717, 1.165) is 0 Å². The van der Waals surface area contributed by atoms with Crippen LogP contribution in [0, 0.1) is 0 Å². The van der Waals surface area contributed by atoms with Gasteiger partial charge in [0.15, 0.2) is 11.5 Å². The number of hydrogen-bond donors (Lipinski definition) is 4. The molecule has 4 N–H and O–H groups in total. The molecule has 0 radical (unpaired) electrons. The molecule has 0 spiro atoms. The SMILES string of the molecule is COc1ccc(OC)c(C(=O)O)c1.O=C(O)CCc1ccc(O)c(O)c1. The first kappa shape index (κ1) is 20.6. The molecule has 0 heterocycles. The Morgan fingerprint density at radius 2 is 1.62 bits per heavy atom. The van der Waals surface area contributed by atoms with Crippen LogP contribution in [-0.2, 0) is 11.2 Å². The highest BCUT2D eigenvalue weighted by molar-refractivity contribution is 5.91. The lowest BCUT2D eigenvalue weighted by Gasteiger charge is -2.06. The molecule has 0 aliphatic heterocycles. The maximum absolute atomic E-state index is 10.7. The second-order valence-corrected chi connectivity index (χ2v) is 5.09. The molecule has 0 saturated heterocycles. The molecule has 2 rings (SSSR count). The number of ether oxygens (including phenoxy) is 2. The summed E-state index contributed by atoms with van der Waals surface area (Å²) < 4.78 is 9.76. The van der Waals surface area contributed by atoms with Gasteiger partial charge in [-0.25, -0.2) is 4.79 Å². The standard InChI is InChI=1S/2C9H10O4/c1-12-6-3-4-8(13-2)7(5-6)9(10)11;10-7-3-1-6(5-8(7)11)2-4-9(12)13/h3-5H,1-2H3,(H,10,11);1,3,5,10-11H,2,4H2,(H,12,13). The van der Waals surface area contributed by atoms with E-state index in [9.17, 15) is 9.59 Å². The molecule has 0 aliphatic carbocycles. The van der Waals surface area contributed by atoms with Crippen molar-refractivity contribution in [2.75, 3.05) is 14.2 Å². The summed E-state index contributed by atoms with van der Waals surface area (Å²) in [4.78, 5) is 20.9. The fourth-order valence-electron chi connectivity index (χ4n) is 1.96. The zero-order valence-electron chi connectivity index (χ0n) is 14.3. The number of aryl methyl sites for hydroxylation is 1. The summed E-state index contributed by atoms with van der Waals surface area (Å²) in [5, 5.41) is 35.2. The molecule has 0 saturated carbocycles. The van der Waals surface area contributed by atoms with E-state index in [4.69, 9.17) is 29.9 Å². The number of carbonyl (C=O) groups is 2. The van der Waals surface area contributed by atoms with Gasteiger partial charge >= 0.3 is 11.9 Å². The number of aromatic carboxylic acids is 1. The molecular weight excluding hydrogens is 344 g/mol. The number of rotatable bonds is 6. The van der Waals surface area contributed by atoms with Crippen LogP contribution in [-0.4, -0.2) is 46.6 Å². The van der Waals surface area contributed by atoms with Crippen molar-refractivity contribution in [3.05, 3.63) is 47.5 Å². The van der Waals surface area contributed by atoms with Gasteiger partial charge in [0.05, 0.1) is 14.2 Å². The van der Waals surface area contributed by atoms with Gasteiger partial charge in [-0.1, -0.05) is 6.07 Å². The van der Waals surface area contributed by atoms with E-state index in [2.05, 4.69) is 0 Å². The van der Waals surface area contributed by atoms with E-state index >= 15 is 0 Å². The minimum absolute atomic E-state index is 0.0181. The van der Waals surface area contributed by atoms with Crippen LogP contribution in [0.2, 0.25) is 0 Å². The van der Waals surface area contributed by atoms with Crippen molar-refractivity contribution < 1.29 is 39.5 Å². The summed E-state index contributed by atoms with van der Waals surface area (Å²) in [6, 6.07) is 8.90. The van der Waals surface area contributed by atoms with Crippen molar-refractivity contribution in [3.8, 4) is 23.0 Å². The van der Waals surface area contributed by atoms with Crippen molar-refractivity contribution in [2.24, 2.45) is 0 Å². The average molecular weight is 364 g/mol. The number of carboxylic acids is 2. The number of aromatic hydroxyl groups is 2. The first-order valence-corrected chi connectivity index (χ1v) is 7.46. The van der Waals surface area contributed by atoms with Gasteiger partial charge in [-0.05, 0) is 42.3 Å². The van der Waals surface area contributed by atoms with Crippen molar-refractivity contribution in [3.63, 3.8) is 0 Å². The normalized spacial score (nSPS) is 9.62. The molecule has 0 atom stereocenters. The van der Waals surface area contributed by atoms with Crippen LogP contribution in [0.4, 0.5) is 0 Å². The summed E-state index contributed by atoms with van der Waals surface area (Å²) in [7, 11) is 2.90. The van der Waals surface area contributed by atoms with E-state index in [1.807, 2.05) is 0 Å². The topological polar surface area (TPSA) is 134 Å². The Bertz CT molecular complexity index is 770. The summed E-state index contributed by atoms with van der Waals surface area (Å²) in [5.74, 6) is -1.50. The van der Waals surface area contributed by atoms with Crippen molar-refractivity contribution >= 4 is 11.9 Å². The Morgan fingerprint density at radius 1 is 0.923 bits per heavy atom. The third-order valence-electron chi connectivity index (χ3n) is 3.30. The van der Waals surface area contributed by atoms with Crippen LogP contribution in [0.5, 0.6) is 23.0 Å².